The quantitative estimate of drug-likeness (QED) is 0.747. The van der Waals surface area contributed by atoms with Crippen LogP contribution in [0.25, 0.3) is 11.0 Å². The monoisotopic (exact) mass is 192 g/mol. The summed E-state index contributed by atoms with van der Waals surface area (Å²) < 4.78 is 2.05. The molecule has 0 aliphatic carbocycles. The van der Waals surface area contributed by atoms with E-state index in [9.17, 15) is 0 Å². The van der Waals surface area contributed by atoms with Crippen LogP contribution in [0, 0.1) is 0 Å². The Hall–Kier alpha value is -1.62. The lowest BCUT2D eigenvalue weighted by molar-refractivity contribution is 0.269. The molecule has 0 bridgehead atoms. The van der Waals surface area contributed by atoms with Gasteiger partial charge in [-0.15, -0.1) is 0 Å². The van der Waals surface area contributed by atoms with Crippen LogP contribution in [0.1, 0.15) is 6.92 Å². The third kappa shape index (κ3) is 1.31. The second-order valence-electron chi connectivity index (χ2n) is 2.87. The summed E-state index contributed by atoms with van der Waals surface area (Å²) in [6, 6.07) is 1.97. The lowest BCUT2D eigenvalue weighted by Crippen LogP contribution is -2.00. The second-order valence-corrected chi connectivity index (χ2v) is 2.87. The summed E-state index contributed by atoms with van der Waals surface area (Å²) in [6.07, 6.45) is 3.51. The minimum absolute atomic E-state index is 0.699. The normalized spacial score (nSPS) is 10.7. The largest absolute Gasteiger partial charge is 0.333 e. The third-order valence-corrected chi connectivity index (χ3v) is 2.10. The van der Waals surface area contributed by atoms with Gasteiger partial charge in [0.25, 0.3) is 0 Å². The topological polar surface area (TPSA) is 52.0 Å². The van der Waals surface area contributed by atoms with Crippen molar-refractivity contribution >= 4 is 16.9 Å². The number of rotatable bonds is 3. The van der Waals surface area contributed by atoms with Gasteiger partial charge in [-0.1, -0.05) is 0 Å². The molecule has 2 aromatic rings. The molecule has 0 aliphatic rings. The van der Waals surface area contributed by atoms with Crippen LogP contribution in [0.5, 0.6) is 0 Å². The van der Waals surface area contributed by atoms with Crippen molar-refractivity contribution in [2.75, 3.05) is 12.6 Å². The zero-order valence-corrected chi connectivity index (χ0v) is 8.19. The van der Waals surface area contributed by atoms with Gasteiger partial charge in [0, 0.05) is 12.7 Å². The van der Waals surface area contributed by atoms with E-state index in [0.717, 1.165) is 17.6 Å². The Balaban J connectivity index is 2.58. The highest BCUT2D eigenvalue weighted by Crippen LogP contribution is 2.19. The molecule has 0 unspecified atom stereocenters. The molecule has 0 saturated carbocycles. The standard InChI is InChI=1S/C9H12N4O/c1-3-13-5-4-7-8(12-14-2)10-6-11-9(7)13/h4-6H,3H2,1-2H3,(H,10,11,12). The molecule has 5 heteroatoms. The molecule has 0 atom stereocenters. The molecular formula is C9H12N4O. The van der Waals surface area contributed by atoms with Gasteiger partial charge in [0.2, 0.25) is 0 Å². The summed E-state index contributed by atoms with van der Waals surface area (Å²) in [6.45, 7) is 2.97. The smallest absolute Gasteiger partial charge is 0.162 e. The number of hydrogen-bond acceptors (Lipinski definition) is 4. The molecule has 0 aliphatic heterocycles. The molecule has 1 N–H and O–H groups in total. The molecule has 0 aromatic carbocycles. The Kier molecular flexibility index (Phi) is 2.32. The van der Waals surface area contributed by atoms with Crippen LogP contribution in [-0.2, 0) is 11.4 Å². The van der Waals surface area contributed by atoms with E-state index in [1.54, 1.807) is 7.11 Å². The highest BCUT2D eigenvalue weighted by molar-refractivity contribution is 5.86. The van der Waals surface area contributed by atoms with Gasteiger partial charge in [0.15, 0.2) is 5.82 Å². The van der Waals surface area contributed by atoms with Crippen LogP contribution in [0.15, 0.2) is 18.6 Å². The summed E-state index contributed by atoms with van der Waals surface area (Å²) >= 11 is 0. The van der Waals surface area contributed by atoms with E-state index in [0.29, 0.717) is 5.82 Å². The Morgan fingerprint density at radius 3 is 3.07 bits per heavy atom. The predicted octanol–water partition coefficient (Wildman–Crippen LogP) is 1.42. The minimum Gasteiger partial charge on any atom is -0.333 e. The van der Waals surface area contributed by atoms with E-state index in [-0.39, 0.29) is 0 Å². The Bertz CT molecular complexity index is 437. The summed E-state index contributed by atoms with van der Waals surface area (Å²) in [5.41, 5.74) is 3.64. The van der Waals surface area contributed by atoms with Crippen molar-refractivity contribution in [1.82, 2.24) is 14.5 Å². The van der Waals surface area contributed by atoms with Crippen LogP contribution < -0.4 is 5.48 Å². The molecular weight excluding hydrogens is 180 g/mol. The van der Waals surface area contributed by atoms with Crippen molar-refractivity contribution in [3.63, 3.8) is 0 Å². The van der Waals surface area contributed by atoms with E-state index in [1.165, 1.54) is 6.33 Å². The van der Waals surface area contributed by atoms with Crippen molar-refractivity contribution < 1.29 is 4.84 Å². The van der Waals surface area contributed by atoms with E-state index < -0.39 is 0 Å². The maximum Gasteiger partial charge on any atom is 0.162 e. The van der Waals surface area contributed by atoms with Crippen molar-refractivity contribution in [3.8, 4) is 0 Å². The fourth-order valence-electron chi connectivity index (χ4n) is 1.44. The highest BCUT2D eigenvalue weighted by Gasteiger charge is 2.06. The van der Waals surface area contributed by atoms with Gasteiger partial charge < -0.3 is 4.57 Å². The average molecular weight is 192 g/mol. The zero-order valence-electron chi connectivity index (χ0n) is 8.19. The maximum absolute atomic E-state index is 4.83. The first-order valence-electron chi connectivity index (χ1n) is 4.45. The van der Waals surface area contributed by atoms with Gasteiger partial charge >= 0.3 is 0 Å². The maximum atomic E-state index is 4.83. The molecule has 0 saturated heterocycles. The Morgan fingerprint density at radius 2 is 2.36 bits per heavy atom. The van der Waals surface area contributed by atoms with Gasteiger partial charge in [-0.05, 0) is 13.0 Å². The highest BCUT2D eigenvalue weighted by atomic mass is 16.6. The fraction of sp³-hybridized carbons (Fsp3) is 0.333. The summed E-state index contributed by atoms with van der Waals surface area (Å²) in [4.78, 5) is 13.1. The molecule has 5 nitrogen and oxygen atoms in total. The number of nitrogens with one attached hydrogen (secondary N) is 1. The van der Waals surface area contributed by atoms with Crippen LogP contribution in [0.2, 0.25) is 0 Å². The predicted molar refractivity (Wildman–Crippen MR) is 53.8 cm³/mol. The van der Waals surface area contributed by atoms with E-state index in [1.807, 2.05) is 12.3 Å². The molecule has 0 radical (unpaired) electrons. The Morgan fingerprint density at radius 1 is 1.50 bits per heavy atom. The molecule has 0 fully saturated rings. The van der Waals surface area contributed by atoms with Crippen LogP contribution in [-0.4, -0.2) is 21.6 Å². The third-order valence-electron chi connectivity index (χ3n) is 2.10. The number of hydrogen-bond donors (Lipinski definition) is 1. The number of aryl methyl sites for hydroxylation is 1. The number of aromatic nitrogens is 3. The molecule has 0 spiro atoms. The van der Waals surface area contributed by atoms with Crippen molar-refractivity contribution in [3.05, 3.63) is 18.6 Å². The van der Waals surface area contributed by atoms with Crippen LogP contribution in [0.3, 0.4) is 0 Å². The summed E-state index contributed by atoms with van der Waals surface area (Å²) in [5.74, 6) is 0.699. The average Bonchev–Trinajstić information content (AvgIpc) is 2.62. The van der Waals surface area contributed by atoms with Gasteiger partial charge in [0.05, 0.1) is 12.5 Å². The first-order chi connectivity index (χ1) is 6.86. The van der Waals surface area contributed by atoms with E-state index in [2.05, 4.69) is 26.9 Å². The molecule has 14 heavy (non-hydrogen) atoms. The fourth-order valence-corrected chi connectivity index (χ4v) is 1.44. The lowest BCUT2D eigenvalue weighted by atomic mass is 10.4. The van der Waals surface area contributed by atoms with E-state index >= 15 is 0 Å². The van der Waals surface area contributed by atoms with Crippen LogP contribution in [0.4, 0.5) is 5.82 Å². The molecule has 0 amide bonds. The molecule has 2 aromatic heterocycles. The molecule has 74 valence electrons. The van der Waals surface area contributed by atoms with Gasteiger partial charge in [-0.3, -0.25) is 4.84 Å². The zero-order chi connectivity index (χ0) is 9.97. The summed E-state index contributed by atoms with van der Waals surface area (Å²) in [7, 11) is 1.56. The lowest BCUT2D eigenvalue weighted by Gasteiger charge is -2.03. The van der Waals surface area contributed by atoms with Gasteiger partial charge in [-0.25, -0.2) is 15.4 Å². The van der Waals surface area contributed by atoms with Gasteiger partial charge in [-0.2, -0.15) is 0 Å². The first-order valence-corrected chi connectivity index (χ1v) is 4.45. The molecule has 2 heterocycles. The van der Waals surface area contributed by atoms with Crippen LogP contribution >= 0.6 is 0 Å². The Labute approximate surface area is 81.7 Å². The number of fused-ring (bicyclic) bond motifs is 1. The van der Waals surface area contributed by atoms with E-state index in [4.69, 9.17) is 4.84 Å². The summed E-state index contributed by atoms with van der Waals surface area (Å²) in [5, 5.41) is 0.969. The first kappa shape index (κ1) is 8.96. The number of anilines is 1. The van der Waals surface area contributed by atoms with Crippen molar-refractivity contribution in [1.29, 1.82) is 0 Å². The SMILES string of the molecule is CCn1ccc2c(NOC)ncnc21. The second kappa shape index (κ2) is 3.63. The molecule has 2 rings (SSSR count). The van der Waals surface area contributed by atoms with Crippen molar-refractivity contribution in [2.24, 2.45) is 0 Å². The minimum atomic E-state index is 0.699. The number of nitrogens with zero attached hydrogens (tertiary/aromatic N) is 3. The van der Waals surface area contributed by atoms with Gasteiger partial charge in [0.1, 0.15) is 12.0 Å². The van der Waals surface area contributed by atoms with Crippen molar-refractivity contribution in [2.45, 2.75) is 13.5 Å².